The van der Waals surface area contributed by atoms with Crippen LogP contribution < -0.4 is 10.1 Å². The number of aromatic nitrogens is 1. The fourth-order valence-corrected chi connectivity index (χ4v) is 2.09. The molecule has 0 spiro atoms. The van der Waals surface area contributed by atoms with Crippen molar-refractivity contribution >= 4 is 23.2 Å². The van der Waals surface area contributed by atoms with Crippen LogP contribution in [-0.4, -0.2) is 11.0 Å². The van der Waals surface area contributed by atoms with Crippen molar-refractivity contribution in [2.24, 2.45) is 0 Å². The summed E-state index contributed by atoms with van der Waals surface area (Å²) in [4.78, 5) is 3.91. The lowest BCUT2D eigenvalue weighted by atomic mass is 10.2. The summed E-state index contributed by atoms with van der Waals surface area (Å²) in [5.74, 6) is -0.305. The molecule has 0 bridgehead atoms. The van der Waals surface area contributed by atoms with Gasteiger partial charge in [-0.3, -0.25) is 0 Å². The molecular formula is C15H15Cl2FN2O. The lowest BCUT2D eigenvalue weighted by molar-refractivity contribution is 0.416. The zero-order chi connectivity index (χ0) is 15.4. The number of pyridine rings is 1. The molecule has 0 saturated heterocycles. The number of hydrogen-bond donors (Lipinski definition) is 1. The molecule has 112 valence electrons. The summed E-state index contributed by atoms with van der Waals surface area (Å²) < 4.78 is 19.8. The van der Waals surface area contributed by atoms with Crippen LogP contribution in [0.25, 0.3) is 0 Å². The fraction of sp³-hybridized carbons (Fsp3) is 0.267. The molecule has 0 unspecified atom stereocenters. The Balaban J connectivity index is 2.22. The molecule has 6 heteroatoms. The van der Waals surface area contributed by atoms with Crippen LogP contribution in [0.5, 0.6) is 11.6 Å². The maximum absolute atomic E-state index is 14.3. The number of halogens is 3. The van der Waals surface area contributed by atoms with Gasteiger partial charge in [-0.05, 0) is 24.3 Å². The highest BCUT2D eigenvalue weighted by atomic mass is 35.5. The third-order valence-corrected chi connectivity index (χ3v) is 3.27. The molecule has 3 nitrogen and oxygen atoms in total. The minimum absolute atomic E-state index is 0.109. The van der Waals surface area contributed by atoms with E-state index in [1.54, 1.807) is 18.2 Å². The first-order chi connectivity index (χ1) is 9.97. The standard InChI is InChI=1S/C15H15Cl2FN2O/c1-9(2)20-8-10-5-6-19-15(14(10)18)21-13-4-3-11(16)7-12(13)17/h3-7,9,20H,8H2,1-2H3. The quantitative estimate of drug-likeness (QED) is 0.854. The molecule has 0 amide bonds. The number of nitrogens with one attached hydrogen (secondary N) is 1. The Bertz CT molecular complexity index is 635. The summed E-state index contributed by atoms with van der Waals surface area (Å²) in [6, 6.07) is 6.59. The summed E-state index contributed by atoms with van der Waals surface area (Å²) >= 11 is 11.8. The first-order valence-electron chi connectivity index (χ1n) is 6.47. The number of rotatable bonds is 5. The molecule has 2 rings (SSSR count). The van der Waals surface area contributed by atoms with E-state index >= 15 is 0 Å². The van der Waals surface area contributed by atoms with E-state index in [4.69, 9.17) is 27.9 Å². The van der Waals surface area contributed by atoms with Crippen LogP contribution in [-0.2, 0) is 6.54 Å². The molecular weight excluding hydrogens is 314 g/mol. The molecule has 2 aromatic rings. The number of nitrogens with zero attached hydrogens (tertiary/aromatic N) is 1. The zero-order valence-electron chi connectivity index (χ0n) is 11.7. The molecule has 21 heavy (non-hydrogen) atoms. The van der Waals surface area contributed by atoms with Gasteiger partial charge < -0.3 is 10.1 Å². The largest absolute Gasteiger partial charge is 0.435 e. The summed E-state index contributed by atoms with van der Waals surface area (Å²) in [6.07, 6.45) is 1.50. The summed E-state index contributed by atoms with van der Waals surface area (Å²) in [7, 11) is 0. The Labute approximate surface area is 133 Å². The van der Waals surface area contributed by atoms with Gasteiger partial charge in [0.2, 0.25) is 0 Å². The van der Waals surface area contributed by atoms with E-state index in [-0.39, 0.29) is 11.9 Å². The SMILES string of the molecule is CC(C)NCc1ccnc(Oc2ccc(Cl)cc2Cl)c1F. The highest BCUT2D eigenvalue weighted by Crippen LogP contribution is 2.32. The summed E-state index contributed by atoms with van der Waals surface area (Å²) in [5, 5.41) is 3.93. The number of ether oxygens (including phenoxy) is 1. The zero-order valence-corrected chi connectivity index (χ0v) is 13.2. The van der Waals surface area contributed by atoms with E-state index in [1.165, 1.54) is 12.3 Å². The van der Waals surface area contributed by atoms with Crippen LogP contribution in [0.4, 0.5) is 4.39 Å². The van der Waals surface area contributed by atoms with E-state index in [9.17, 15) is 4.39 Å². The highest BCUT2D eigenvalue weighted by molar-refractivity contribution is 6.35. The molecule has 0 atom stereocenters. The maximum Gasteiger partial charge on any atom is 0.256 e. The van der Waals surface area contributed by atoms with Crippen molar-refractivity contribution in [1.82, 2.24) is 10.3 Å². The lowest BCUT2D eigenvalue weighted by Crippen LogP contribution is -2.22. The lowest BCUT2D eigenvalue weighted by Gasteiger charge is -2.12. The average Bonchev–Trinajstić information content (AvgIpc) is 2.42. The second-order valence-electron chi connectivity index (χ2n) is 4.80. The predicted molar refractivity (Wildman–Crippen MR) is 82.7 cm³/mol. The molecule has 0 fully saturated rings. The van der Waals surface area contributed by atoms with Crippen molar-refractivity contribution in [1.29, 1.82) is 0 Å². The van der Waals surface area contributed by atoms with E-state index in [2.05, 4.69) is 10.3 Å². The Morgan fingerprint density at radius 2 is 2.05 bits per heavy atom. The minimum Gasteiger partial charge on any atom is -0.435 e. The van der Waals surface area contributed by atoms with Crippen molar-refractivity contribution < 1.29 is 9.13 Å². The van der Waals surface area contributed by atoms with Gasteiger partial charge in [-0.25, -0.2) is 9.37 Å². The van der Waals surface area contributed by atoms with Gasteiger partial charge in [-0.2, -0.15) is 0 Å². The van der Waals surface area contributed by atoms with Crippen LogP contribution in [0.15, 0.2) is 30.5 Å². The van der Waals surface area contributed by atoms with Gasteiger partial charge in [0.25, 0.3) is 5.88 Å². The summed E-state index contributed by atoms with van der Waals surface area (Å²) in [6.45, 7) is 4.38. The van der Waals surface area contributed by atoms with Crippen LogP contribution in [0.2, 0.25) is 10.0 Å². The van der Waals surface area contributed by atoms with Gasteiger partial charge in [0.1, 0.15) is 5.75 Å². The Kier molecular flexibility index (Phi) is 5.39. The van der Waals surface area contributed by atoms with E-state index in [1.807, 2.05) is 13.8 Å². The number of benzene rings is 1. The molecule has 1 aromatic carbocycles. The van der Waals surface area contributed by atoms with Gasteiger partial charge in [0, 0.05) is 29.4 Å². The molecule has 1 aromatic heterocycles. The van der Waals surface area contributed by atoms with Gasteiger partial charge in [0.05, 0.1) is 5.02 Å². The molecule has 0 aliphatic heterocycles. The predicted octanol–water partition coefficient (Wildman–Crippen LogP) is 4.82. The fourth-order valence-electron chi connectivity index (χ4n) is 1.65. The minimum atomic E-state index is -0.503. The van der Waals surface area contributed by atoms with Gasteiger partial charge in [0.15, 0.2) is 5.82 Å². The van der Waals surface area contributed by atoms with E-state index in [0.29, 0.717) is 27.9 Å². The molecule has 0 saturated carbocycles. The topological polar surface area (TPSA) is 34.2 Å². The molecule has 0 aliphatic rings. The van der Waals surface area contributed by atoms with Crippen molar-refractivity contribution in [3.8, 4) is 11.6 Å². The first-order valence-corrected chi connectivity index (χ1v) is 7.22. The van der Waals surface area contributed by atoms with E-state index in [0.717, 1.165) is 0 Å². The normalized spacial score (nSPS) is 11.0. The molecule has 1 heterocycles. The van der Waals surface area contributed by atoms with Crippen molar-refractivity contribution in [2.75, 3.05) is 0 Å². The van der Waals surface area contributed by atoms with Crippen LogP contribution in [0, 0.1) is 5.82 Å². The molecule has 0 radical (unpaired) electrons. The number of hydrogen-bond acceptors (Lipinski definition) is 3. The second kappa shape index (κ2) is 7.07. The third kappa shape index (κ3) is 4.30. The maximum atomic E-state index is 14.3. The second-order valence-corrected chi connectivity index (χ2v) is 5.65. The van der Waals surface area contributed by atoms with Crippen LogP contribution in [0.1, 0.15) is 19.4 Å². The Morgan fingerprint density at radius 1 is 1.29 bits per heavy atom. The average molecular weight is 329 g/mol. The first kappa shape index (κ1) is 16.0. The van der Waals surface area contributed by atoms with Crippen molar-refractivity contribution in [3.63, 3.8) is 0 Å². The monoisotopic (exact) mass is 328 g/mol. The van der Waals surface area contributed by atoms with Crippen LogP contribution >= 0.6 is 23.2 Å². The van der Waals surface area contributed by atoms with E-state index < -0.39 is 5.82 Å². The summed E-state index contributed by atoms with van der Waals surface area (Å²) in [5.41, 5.74) is 0.485. The Morgan fingerprint density at radius 3 is 2.71 bits per heavy atom. The smallest absolute Gasteiger partial charge is 0.256 e. The van der Waals surface area contributed by atoms with Crippen LogP contribution in [0.3, 0.4) is 0 Å². The van der Waals surface area contributed by atoms with Gasteiger partial charge >= 0.3 is 0 Å². The van der Waals surface area contributed by atoms with Gasteiger partial charge in [-0.1, -0.05) is 37.0 Å². The van der Waals surface area contributed by atoms with Crippen molar-refractivity contribution in [3.05, 3.63) is 51.9 Å². The Hall–Kier alpha value is -1.36. The highest BCUT2D eigenvalue weighted by Gasteiger charge is 2.13. The van der Waals surface area contributed by atoms with Crippen molar-refractivity contribution in [2.45, 2.75) is 26.4 Å². The molecule has 1 N–H and O–H groups in total. The third-order valence-electron chi connectivity index (χ3n) is 2.74. The molecule has 0 aliphatic carbocycles. The van der Waals surface area contributed by atoms with Gasteiger partial charge in [-0.15, -0.1) is 0 Å².